The number of hydrogen-bond donors (Lipinski definition) is 3. The van der Waals surface area contributed by atoms with Crippen LogP contribution < -0.4 is 5.32 Å². The monoisotopic (exact) mass is 598 g/mol. The normalized spacial score (nSPS) is 18.2. The Morgan fingerprint density at radius 2 is 1.65 bits per heavy atom. The van der Waals surface area contributed by atoms with Gasteiger partial charge in [-0.05, 0) is 52.1 Å². The quantitative estimate of drug-likeness (QED) is 0.169. The molecule has 0 bridgehead atoms. The van der Waals surface area contributed by atoms with Crippen LogP contribution in [0.3, 0.4) is 0 Å². The van der Waals surface area contributed by atoms with Crippen molar-refractivity contribution in [2.45, 2.75) is 55.9 Å². The number of carboxylic acid groups (broad SMARTS) is 1. The van der Waals surface area contributed by atoms with Gasteiger partial charge in [-0.1, -0.05) is 66.7 Å². The van der Waals surface area contributed by atoms with Crippen molar-refractivity contribution in [2.75, 3.05) is 5.75 Å². The van der Waals surface area contributed by atoms with Crippen LogP contribution in [0.15, 0.2) is 102 Å². The zero-order valence-electron chi connectivity index (χ0n) is 23.6. The van der Waals surface area contributed by atoms with E-state index in [1.165, 1.54) is 0 Å². The number of nitrogens with zero attached hydrogens (tertiary/aromatic N) is 1. The van der Waals surface area contributed by atoms with Crippen LogP contribution in [0.25, 0.3) is 11.1 Å². The lowest BCUT2D eigenvalue weighted by molar-refractivity contribution is -0.245. The summed E-state index contributed by atoms with van der Waals surface area (Å²) in [6.07, 6.45) is 1.39. The van der Waals surface area contributed by atoms with E-state index in [-0.39, 0.29) is 37.6 Å². The third-order valence-corrected chi connectivity index (χ3v) is 8.22. The molecule has 1 aliphatic heterocycles. The number of ether oxygens (including phenoxy) is 2. The van der Waals surface area contributed by atoms with E-state index in [1.807, 2.05) is 84.9 Å². The van der Waals surface area contributed by atoms with Gasteiger partial charge in [0.1, 0.15) is 0 Å². The number of carbonyl (C=O) groups is 2. The van der Waals surface area contributed by atoms with Crippen molar-refractivity contribution >= 4 is 23.6 Å². The van der Waals surface area contributed by atoms with Crippen LogP contribution in [-0.4, -0.2) is 38.9 Å². The molecule has 0 saturated carbocycles. The average molecular weight is 599 g/mol. The van der Waals surface area contributed by atoms with Gasteiger partial charge in [-0.2, -0.15) is 0 Å². The topological polar surface area (TPSA) is 118 Å². The second-order valence-corrected chi connectivity index (χ2v) is 11.4. The van der Waals surface area contributed by atoms with E-state index in [0.29, 0.717) is 13.0 Å². The van der Waals surface area contributed by atoms with Crippen LogP contribution in [0.1, 0.15) is 53.9 Å². The van der Waals surface area contributed by atoms with E-state index in [2.05, 4.69) is 16.4 Å². The SMILES string of the molecule is O=C(O)CCC(=O)NCc1cccc(-c2cccc([C@H]3O[C@@H](CSc4ccccn4)C[C@@H](c4ccc(CO)cc4)O3)c2)c1. The predicted molar refractivity (Wildman–Crippen MR) is 164 cm³/mol. The van der Waals surface area contributed by atoms with Gasteiger partial charge in [0.2, 0.25) is 5.91 Å². The number of pyridine rings is 1. The summed E-state index contributed by atoms with van der Waals surface area (Å²) in [6, 6.07) is 29.7. The molecule has 2 heterocycles. The largest absolute Gasteiger partial charge is 0.481 e. The van der Waals surface area contributed by atoms with E-state index in [4.69, 9.17) is 14.6 Å². The van der Waals surface area contributed by atoms with Crippen molar-refractivity contribution in [1.82, 2.24) is 10.3 Å². The second kappa shape index (κ2) is 14.9. The first kappa shape index (κ1) is 30.4. The fourth-order valence-electron chi connectivity index (χ4n) is 4.87. The van der Waals surface area contributed by atoms with E-state index >= 15 is 0 Å². The maximum atomic E-state index is 12.0. The van der Waals surface area contributed by atoms with E-state index < -0.39 is 12.3 Å². The molecule has 1 amide bonds. The number of aliphatic hydroxyl groups is 1. The Bertz CT molecular complexity index is 1520. The summed E-state index contributed by atoms with van der Waals surface area (Å²) in [5, 5.41) is 22.0. The fraction of sp³-hybridized carbons (Fsp3) is 0.265. The number of thioether (sulfide) groups is 1. The number of rotatable bonds is 12. The summed E-state index contributed by atoms with van der Waals surface area (Å²) in [6.45, 7) is 0.305. The lowest BCUT2D eigenvalue weighted by Crippen LogP contribution is -2.31. The molecule has 3 aromatic carbocycles. The minimum absolute atomic E-state index is 0.00797. The molecule has 0 radical (unpaired) electrons. The van der Waals surface area contributed by atoms with Crippen LogP contribution in [-0.2, 0) is 32.2 Å². The minimum atomic E-state index is -0.993. The van der Waals surface area contributed by atoms with Gasteiger partial charge in [-0.15, -0.1) is 11.8 Å². The molecular formula is C34H34N2O6S. The van der Waals surface area contributed by atoms with Gasteiger partial charge >= 0.3 is 5.97 Å². The highest BCUT2D eigenvalue weighted by atomic mass is 32.2. The van der Waals surface area contributed by atoms with Crippen LogP contribution in [0, 0.1) is 0 Å². The first-order valence-electron chi connectivity index (χ1n) is 14.2. The fourth-order valence-corrected chi connectivity index (χ4v) is 5.75. The Morgan fingerprint density at radius 1 is 0.860 bits per heavy atom. The molecular weight excluding hydrogens is 564 g/mol. The van der Waals surface area contributed by atoms with Gasteiger partial charge in [0.05, 0.1) is 30.3 Å². The van der Waals surface area contributed by atoms with Crippen molar-refractivity contribution in [3.63, 3.8) is 0 Å². The number of nitrogens with one attached hydrogen (secondary N) is 1. The standard InChI is InChI=1S/C34H34N2O6S/c37-21-23-10-12-25(13-11-23)30-19-29(22-43-32-9-1-2-16-35-32)41-34(42-30)28-8-4-7-27(18-28)26-6-3-5-24(17-26)20-36-31(38)14-15-33(39)40/h1-13,16-18,29-30,34,37H,14-15,19-22H2,(H,36,38)(H,39,40)/t29-,30+,34+/m1/s1. The Balaban J connectivity index is 1.32. The molecule has 0 spiro atoms. The number of carboxylic acids is 1. The highest BCUT2D eigenvalue weighted by Gasteiger charge is 2.32. The van der Waals surface area contributed by atoms with Gasteiger partial charge in [-0.25, -0.2) is 4.98 Å². The lowest BCUT2D eigenvalue weighted by atomic mass is 9.99. The van der Waals surface area contributed by atoms with Crippen LogP contribution >= 0.6 is 11.8 Å². The van der Waals surface area contributed by atoms with Crippen molar-refractivity contribution < 1.29 is 29.3 Å². The first-order valence-corrected chi connectivity index (χ1v) is 15.2. The molecule has 1 fully saturated rings. The van der Waals surface area contributed by atoms with Crippen molar-refractivity contribution in [2.24, 2.45) is 0 Å². The molecule has 1 aromatic heterocycles. The van der Waals surface area contributed by atoms with Gasteiger partial charge in [0, 0.05) is 36.9 Å². The third kappa shape index (κ3) is 8.75. The summed E-state index contributed by atoms with van der Waals surface area (Å²) in [4.78, 5) is 27.2. The summed E-state index contributed by atoms with van der Waals surface area (Å²) in [5.74, 6) is -0.563. The number of aromatic nitrogens is 1. The number of benzene rings is 3. The number of aliphatic carboxylic acids is 1. The average Bonchev–Trinajstić information content (AvgIpc) is 3.06. The van der Waals surface area contributed by atoms with Crippen molar-refractivity contribution in [1.29, 1.82) is 0 Å². The first-order chi connectivity index (χ1) is 21.0. The number of hydrogen-bond acceptors (Lipinski definition) is 7. The molecule has 3 atom stereocenters. The summed E-state index contributed by atoms with van der Waals surface area (Å²) in [5.41, 5.74) is 5.66. The number of amides is 1. The molecule has 0 unspecified atom stereocenters. The summed E-state index contributed by atoms with van der Waals surface area (Å²) >= 11 is 1.66. The van der Waals surface area contributed by atoms with Gasteiger partial charge < -0.3 is 25.0 Å². The third-order valence-electron chi connectivity index (χ3n) is 7.14. The number of carbonyl (C=O) groups excluding carboxylic acids is 1. The maximum absolute atomic E-state index is 12.0. The number of aliphatic hydroxyl groups excluding tert-OH is 1. The van der Waals surface area contributed by atoms with Gasteiger partial charge in [0.25, 0.3) is 0 Å². The highest BCUT2D eigenvalue weighted by molar-refractivity contribution is 7.99. The predicted octanol–water partition coefficient (Wildman–Crippen LogP) is 6.06. The zero-order valence-corrected chi connectivity index (χ0v) is 24.4. The molecule has 5 rings (SSSR count). The molecule has 222 valence electrons. The van der Waals surface area contributed by atoms with Crippen LogP contribution in [0.4, 0.5) is 0 Å². The van der Waals surface area contributed by atoms with Crippen LogP contribution in [0.5, 0.6) is 0 Å². The summed E-state index contributed by atoms with van der Waals surface area (Å²) < 4.78 is 13.0. The lowest BCUT2D eigenvalue weighted by Gasteiger charge is -2.36. The minimum Gasteiger partial charge on any atom is -0.481 e. The molecule has 1 saturated heterocycles. The molecule has 8 nitrogen and oxygen atoms in total. The Labute approximate surface area is 255 Å². The molecule has 9 heteroatoms. The van der Waals surface area contributed by atoms with Gasteiger partial charge in [0.15, 0.2) is 6.29 Å². The van der Waals surface area contributed by atoms with E-state index in [9.17, 15) is 14.7 Å². The Hall–Kier alpha value is -4.02. The Morgan fingerprint density at radius 3 is 2.40 bits per heavy atom. The zero-order chi connectivity index (χ0) is 30.0. The molecule has 1 aliphatic rings. The maximum Gasteiger partial charge on any atom is 0.303 e. The summed E-state index contributed by atoms with van der Waals surface area (Å²) in [7, 11) is 0. The highest BCUT2D eigenvalue weighted by Crippen LogP contribution is 2.40. The van der Waals surface area contributed by atoms with E-state index in [0.717, 1.165) is 44.2 Å². The van der Waals surface area contributed by atoms with Crippen LogP contribution in [0.2, 0.25) is 0 Å². The van der Waals surface area contributed by atoms with Crippen molar-refractivity contribution in [3.8, 4) is 11.1 Å². The smallest absolute Gasteiger partial charge is 0.303 e. The van der Waals surface area contributed by atoms with Crippen molar-refractivity contribution in [3.05, 3.63) is 119 Å². The molecule has 0 aliphatic carbocycles. The van der Waals surface area contributed by atoms with Gasteiger partial charge in [-0.3, -0.25) is 9.59 Å². The second-order valence-electron chi connectivity index (χ2n) is 10.3. The van der Waals surface area contributed by atoms with E-state index in [1.54, 1.807) is 18.0 Å². The Kier molecular flexibility index (Phi) is 10.6. The molecule has 4 aromatic rings. The molecule has 3 N–H and O–H groups in total. The molecule has 43 heavy (non-hydrogen) atoms.